The number of phenols is 1. The molecule has 0 radical (unpaired) electrons. The fourth-order valence-electron chi connectivity index (χ4n) is 5.70. The highest BCUT2D eigenvalue weighted by molar-refractivity contribution is 5.96. The van der Waals surface area contributed by atoms with Crippen molar-refractivity contribution in [3.05, 3.63) is 119 Å². The van der Waals surface area contributed by atoms with Crippen molar-refractivity contribution in [3.63, 3.8) is 0 Å². The zero-order valence-electron chi connectivity index (χ0n) is 23.2. The fraction of sp³-hybridized carbons (Fsp3) is 0.0882. The standard InChI is InChI=1S/C34H25FN6O3/c35-23-7-3-19(4-8-23)27-12-13-29-33(38-27)41(32(39-29)26-2-1-15-37-31(26)36)24-9-10-25-20(17-24)5-11-28(25)40-34(44)21-6-14-30(43)22(16-21)18-42/h1-4,6-10,12-18,28,43H,5,11H2,(H2,36,37)(H,40,44)/t28-/m0/s1. The van der Waals surface area contributed by atoms with E-state index in [1.165, 1.54) is 30.3 Å². The molecule has 0 bridgehead atoms. The predicted octanol–water partition coefficient (Wildman–Crippen LogP) is 5.81. The van der Waals surface area contributed by atoms with Gasteiger partial charge in [0.25, 0.3) is 5.91 Å². The van der Waals surface area contributed by atoms with Crippen molar-refractivity contribution in [2.75, 3.05) is 5.73 Å². The number of phenolic OH excluding ortho intramolecular Hbond substituents is 1. The maximum atomic E-state index is 13.6. The number of nitrogens with two attached hydrogens (primary N) is 1. The molecule has 0 saturated heterocycles. The number of aldehydes is 1. The monoisotopic (exact) mass is 584 g/mol. The quantitative estimate of drug-likeness (QED) is 0.210. The van der Waals surface area contributed by atoms with Crippen molar-refractivity contribution >= 4 is 29.2 Å². The molecule has 1 amide bonds. The minimum absolute atomic E-state index is 0.0583. The average molecular weight is 585 g/mol. The zero-order valence-corrected chi connectivity index (χ0v) is 23.2. The number of aromatic hydroxyl groups is 1. The minimum Gasteiger partial charge on any atom is -0.507 e. The van der Waals surface area contributed by atoms with E-state index in [1.54, 1.807) is 24.4 Å². The van der Waals surface area contributed by atoms with Crippen LogP contribution in [0.25, 0.3) is 39.5 Å². The fourth-order valence-corrected chi connectivity index (χ4v) is 5.70. The van der Waals surface area contributed by atoms with Crippen LogP contribution in [0.1, 0.15) is 44.3 Å². The number of rotatable bonds is 6. The van der Waals surface area contributed by atoms with Gasteiger partial charge in [-0.05, 0) is 103 Å². The molecule has 0 aliphatic heterocycles. The van der Waals surface area contributed by atoms with Crippen LogP contribution in [0.2, 0.25) is 0 Å². The summed E-state index contributed by atoms with van der Waals surface area (Å²) in [4.78, 5) is 38.4. The number of halogens is 1. The van der Waals surface area contributed by atoms with Crippen LogP contribution in [0, 0.1) is 5.82 Å². The van der Waals surface area contributed by atoms with Gasteiger partial charge >= 0.3 is 0 Å². The molecule has 1 atom stereocenters. The molecule has 0 spiro atoms. The second-order valence-electron chi connectivity index (χ2n) is 10.6. The number of imidazole rings is 1. The highest BCUT2D eigenvalue weighted by atomic mass is 19.1. The number of anilines is 1. The number of aryl methyl sites for hydroxylation is 1. The number of hydrogen-bond acceptors (Lipinski definition) is 7. The molecular formula is C34H25FN6O3. The number of hydrogen-bond donors (Lipinski definition) is 3. The summed E-state index contributed by atoms with van der Waals surface area (Å²) in [5.41, 5.74) is 12.9. The number of carbonyl (C=O) groups excluding carboxylic acids is 2. The summed E-state index contributed by atoms with van der Waals surface area (Å²) in [5.74, 6) is 0.0845. The summed E-state index contributed by atoms with van der Waals surface area (Å²) in [6.45, 7) is 0. The molecule has 7 rings (SSSR count). The summed E-state index contributed by atoms with van der Waals surface area (Å²) in [6, 6.07) is 23.6. The number of fused-ring (bicyclic) bond motifs is 2. The van der Waals surface area contributed by atoms with Gasteiger partial charge in [-0.1, -0.05) is 6.07 Å². The van der Waals surface area contributed by atoms with Crippen LogP contribution in [0.15, 0.2) is 91.1 Å². The lowest BCUT2D eigenvalue weighted by Crippen LogP contribution is -2.27. The molecule has 4 N–H and O–H groups in total. The maximum Gasteiger partial charge on any atom is 0.251 e. The lowest BCUT2D eigenvalue weighted by Gasteiger charge is -2.16. The molecule has 44 heavy (non-hydrogen) atoms. The van der Waals surface area contributed by atoms with Gasteiger partial charge in [0.05, 0.1) is 22.9 Å². The molecule has 9 nitrogen and oxygen atoms in total. The van der Waals surface area contributed by atoms with Crippen molar-refractivity contribution in [1.82, 2.24) is 24.8 Å². The van der Waals surface area contributed by atoms with E-state index in [1.807, 2.05) is 34.9 Å². The Kier molecular flexibility index (Phi) is 6.58. The van der Waals surface area contributed by atoms with E-state index in [9.17, 15) is 19.1 Å². The second kappa shape index (κ2) is 10.7. The smallest absolute Gasteiger partial charge is 0.251 e. The van der Waals surface area contributed by atoms with Gasteiger partial charge in [-0.2, -0.15) is 0 Å². The van der Waals surface area contributed by atoms with Gasteiger partial charge in [-0.15, -0.1) is 0 Å². The van der Waals surface area contributed by atoms with E-state index in [0.29, 0.717) is 52.3 Å². The zero-order chi connectivity index (χ0) is 30.4. The minimum atomic E-state index is -0.331. The molecule has 3 heterocycles. The van der Waals surface area contributed by atoms with Crippen molar-refractivity contribution in [2.24, 2.45) is 0 Å². The van der Waals surface area contributed by atoms with Crippen molar-refractivity contribution in [1.29, 1.82) is 0 Å². The Morgan fingerprint density at radius 1 is 1.02 bits per heavy atom. The van der Waals surface area contributed by atoms with Crippen molar-refractivity contribution in [3.8, 4) is 34.1 Å². The summed E-state index contributed by atoms with van der Waals surface area (Å²) < 4.78 is 15.6. The third kappa shape index (κ3) is 4.72. The molecule has 0 fully saturated rings. The maximum absolute atomic E-state index is 13.6. The van der Waals surface area contributed by atoms with E-state index in [0.717, 1.165) is 28.8 Å². The molecule has 10 heteroatoms. The summed E-state index contributed by atoms with van der Waals surface area (Å²) in [5, 5.41) is 12.9. The molecule has 1 aliphatic rings. The highest BCUT2D eigenvalue weighted by Gasteiger charge is 2.26. The molecular weight excluding hydrogens is 559 g/mol. The van der Waals surface area contributed by atoms with Gasteiger partial charge in [0, 0.05) is 23.0 Å². The van der Waals surface area contributed by atoms with Gasteiger partial charge in [0.1, 0.15) is 22.9 Å². The first-order valence-electron chi connectivity index (χ1n) is 14.0. The van der Waals surface area contributed by atoms with Gasteiger partial charge in [-0.3, -0.25) is 14.2 Å². The molecule has 0 saturated carbocycles. The number of nitrogens with one attached hydrogen (secondary N) is 1. The molecule has 0 unspecified atom stereocenters. The van der Waals surface area contributed by atoms with Crippen LogP contribution in [-0.4, -0.2) is 36.8 Å². The number of pyridine rings is 2. The van der Waals surface area contributed by atoms with Gasteiger partial charge < -0.3 is 16.2 Å². The first-order valence-corrected chi connectivity index (χ1v) is 14.0. The van der Waals surface area contributed by atoms with Crippen LogP contribution in [0.3, 0.4) is 0 Å². The van der Waals surface area contributed by atoms with Crippen molar-refractivity contribution in [2.45, 2.75) is 18.9 Å². The molecule has 216 valence electrons. The Bertz CT molecular complexity index is 2090. The number of benzene rings is 3. The number of amides is 1. The number of nitrogen functional groups attached to an aromatic ring is 1. The van der Waals surface area contributed by atoms with E-state index >= 15 is 0 Å². The van der Waals surface area contributed by atoms with Crippen LogP contribution >= 0.6 is 0 Å². The summed E-state index contributed by atoms with van der Waals surface area (Å²) in [6.07, 6.45) is 3.57. The summed E-state index contributed by atoms with van der Waals surface area (Å²) >= 11 is 0. The number of aromatic nitrogens is 4. The summed E-state index contributed by atoms with van der Waals surface area (Å²) in [7, 11) is 0. The third-order valence-electron chi connectivity index (χ3n) is 7.91. The largest absolute Gasteiger partial charge is 0.507 e. The van der Waals surface area contributed by atoms with E-state index < -0.39 is 0 Å². The second-order valence-corrected chi connectivity index (χ2v) is 10.6. The highest BCUT2D eigenvalue weighted by Crippen LogP contribution is 2.36. The average Bonchev–Trinajstić information content (AvgIpc) is 3.62. The Labute approximate surface area is 250 Å². The lowest BCUT2D eigenvalue weighted by molar-refractivity contribution is 0.0936. The van der Waals surface area contributed by atoms with Gasteiger partial charge in [0.15, 0.2) is 17.8 Å². The number of nitrogens with zero attached hydrogens (tertiary/aromatic N) is 4. The molecule has 6 aromatic rings. The van der Waals surface area contributed by atoms with Crippen LogP contribution in [0.5, 0.6) is 5.75 Å². The van der Waals surface area contributed by atoms with Crippen LogP contribution in [0.4, 0.5) is 10.2 Å². The van der Waals surface area contributed by atoms with Crippen LogP contribution < -0.4 is 11.1 Å². The molecule has 3 aromatic carbocycles. The first-order chi connectivity index (χ1) is 21.4. The van der Waals surface area contributed by atoms with E-state index in [4.69, 9.17) is 15.7 Å². The van der Waals surface area contributed by atoms with Gasteiger partial charge in [-0.25, -0.2) is 19.3 Å². The molecule has 1 aliphatic carbocycles. The Morgan fingerprint density at radius 3 is 2.66 bits per heavy atom. The molecule has 3 aromatic heterocycles. The topological polar surface area (TPSA) is 136 Å². The lowest BCUT2D eigenvalue weighted by atomic mass is 10.1. The first kappa shape index (κ1) is 27.0. The normalized spacial score (nSPS) is 14.0. The van der Waals surface area contributed by atoms with Gasteiger partial charge in [0.2, 0.25) is 0 Å². The Hall–Kier alpha value is -5.90. The Balaban J connectivity index is 1.29. The Morgan fingerprint density at radius 2 is 1.86 bits per heavy atom. The number of carbonyl (C=O) groups is 2. The van der Waals surface area contributed by atoms with Crippen LogP contribution in [-0.2, 0) is 6.42 Å². The SMILES string of the molecule is Nc1ncccc1-c1nc2ccc(-c3ccc(F)cc3)nc2n1-c1ccc2c(c1)CC[C@@H]2NC(=O)c1ccc(O)c(C=O)c1. The van der Waals surface area contributed by atoms with E-state index in [-0.39, 0.29) is 29.1 Å². The predicted molar refractivity (Wildman–Crippen MR) is 164 cm³/mol. The van der Waals surface area contributed by atoms with E-state index in [2.05, 4.69) is 16.4 Å². The van der Waals surface area contributed by atoms with Crippen molar-refractivity contribution < 1.29 is 19.1 Å². The third-order valence-corrected chi connectivity index (χ3v) is 7.91.